The van der Waals surface area contributed by atoms with Crippen molar-refractivity contribution in [2.75, 3.05) is 66.1 Å². The minimum absolute atomic E-state index is 0.0160. The minimum Gasteiger partial charge on any atom is -0.504 e. The number of aromatic hydroxyl groups is 1. The van der Waals surface area contributed by atoms with Crippen molar-refractivity contribution in [1.82, 2.24) is 0 Å². The quantitative estimate of drug-likeness (QED) is 0.0347. The molecule has 0 spiro atoms. The molecule has 13 rings (SSSR count). The molecule has 0 aromatic heterocycles. The van der Waals surface area contributed by atoms with Crippen LogP contribution < -0.4 is 47.4 Å². The van der Waals surface area contributed by atoms with Crippen LogP contribution in [-0.4, -0.2) is 82.7 Å². The van der Waals surface area contributed by atoms with Gasteiger partial charge in [-0.2, -0.15) is 26.3 Å². The zero-order chi connectivity index (χ0) is 95.1. The number of carbonyl (C=O) groups excluding carboxylic acids is 2. The maximum Gasteiger partial charge on any atom is 0.204 e. The number of fused-ring (bicyclic) bond motifs is 2. The van der Waals surface area contributed by atoms with E-state index in [-0.39, 0.29) is 77.4 Å². The lowest BCUT2D eigenvalue weighted by atomic mass is 9.82. The molecule has 0 fully saturated rings. The predicted molar refractivity (Wildman–Crippen MR) is 538 cm³/mol. The maximum atomic E-state index is 15.9. The number of nitrogens with zero attached hydrogens (tertiary/aromatic N) is 5. The molecule has 18 nitrogen and oxygen atoms in total. The number of carbonyl (C=O) groups is 2. The van der Waals surface area contributed by atoms with Gasteiger partial charge in [0.25, 0.3) is 0 Å². The molecule has 0 bridgehead atoms. The van der Waals surface area contributed by atoms with Crippen LogP contribution in [-0.2, 0) is 0 Å². The lowest BCUT2D eigenvalue weighted by Gasteiger charge is -2.26. The van der Waals surface area contributed by atoms with Gasteiger partial charge in [0.05, 0.1) is 135 Å². The fourth-order valence-electron chi connectivity index (χ4n) is 16.8. The summed E-state index contributed by atoms with van der Waals surface area (Å²) in [7, 11) is 0. The number of unbranched alkanes of at least 4 members (excludes halogenated alkanes) is 25. The predicted octanol–water partition coefficient (Wildman–Crippen LogP) is 28.9. The summed E-state index contributed by atoms with van der Waals surface area (Å²) < 4.78 is 64.5. The summed E-state index contributed by atoms with van der Waals surface area (Å²) in [6.45, 7) is 4.24. The normalized spacial score (nSPS) is 11.2. The van der Waals surface area contributed by atoms with Crippen LogP contribution in [0.15, 0.2) is 255 Å². The summed E-state index contributed by atoms with van der Waals surface area (Å²) in [6.07, 6.45) is 26.8. The van der Waals surface area contributed by atoms with Crippen LogP contribution in [0.3, 0.4) is 0 Å². The summed E-state index contributed by atoms with van der Waals surface area (Å²) in [4.78, 5) is 31.6. The lowest BCUT2D eigenvalue weighted by molar-refractivity contribution is 0.0969. The SMILES string of the molecule is N#Cc1ccc(-c2ccc(OCCCCCCCCOc3cc4c(c(O)c3OCCCCCCCCOc3ccc(-c5ccc(C#N)cc5)cc3)C(=O)c3cc(OCCCCCCCCOc5ccc(-c6ccc(C#N)cc6)cc5)c(OCCCCCCCCOc5ccc(-c6ccc(C#N)cc6)cc5)c(OCCCCCCCCOc5ccc(-c6ccc(C#N)cc6)cc5)c3C4=O)cc2)cc1. The van der Waals surface area contributed by atoms with E-state index >= 15 is 9.59 Å². The fraction of sp³-hybridized carbons (Fsp3) is 0.336. The van der Waals surface area contributed by atoms with Crippen molar-refractivity contribution in [3.8, 4) is 149 Å². The molecule has 1 aliphatic rings. The van der Waals surface area contributed by atoms with E-state index in [1.54, 1.807) is 12.1 Å². The van der Waals surface area contributed by atoms with Crippen LogP contribution in [0.5, 0.6) is 63.2 Å². The Hall–Kier alpha value is -14.8. The summed E-state index contributed by atoms with van der Waals surface area (Å²) >= 11 is 0. The first-order valence-electron chi connectivity index (χ1n) is 49.0. The monoisotopic (exact) mass is 1830 g/mol. The third-order valence-electron chi connectivity index (χ3n) is 24.7. The van der Waals surface area contributed by atoms with E-state index in [4.69, 9.17) is 47.4 Å². The molecule has 12 aromatic carbocycles. The van der Waals surface area contributed by atoms with E-state index in [0.717, 1.165) is 245 Å². The second kappa shape index (κ2) is 55.2. The van der Waals surface area contributed by atoms with E-state index < -0.39 is 17.3 Å². The Balaban J connectivity index is 0.669. The average Bonchev–Trinajstić information content (AvgIpc) is 0.722. The van der Waals surface area contributed by atoms with Crippen LogP contribution in [0.4, 0.5) is 0 Å². The van der Waals surface area contributed by atoms with Gasteiger partial charge in [0.2, 0.25) is 11.5 Å². The van der Waals surface area contributed by atoms with Gasteiger partial charge in [0.15, 0.2) is 34.6 Å². The highest BCUT2D eigenvalue weighted by Crippen LogP contribution is 2.51. The molecule has 0 unspecified atom stereocenters. The Morgan fingerprint density at radius 2 is 0.358 bits per heavy atom. The highest BCUT2D eigenvalue weighted by Gasteiger charge is 2.40. The molecular formula is C119H123N5O13. The van der Waals surface area contributed by atoms with Gasteiger partial charge in [-0.1, -0.05) is 250 Å². The molecule has 18 heteroatoms. The van der Waals surface area contributed by atoms with Crippen LogP contribution in [0, 0.1) is 56.7 Å². The van der Waals surface area contributed by atoms with E-state index in [1.165, 1.54) is 0 Å². The number of nitriles is 5. The van der Waals surface area contributed by atoms with Crippen molar-refractivity contribution >= 4 is 11.6 Å². The minimum atomic E-state index is -0.576. The van der Waals surface area contributed by atoms with Crippen LogP contribution in [0.25, 0.3) is 55.6 Å². The molecule has 0 saturated heterocycles. The Kier molecular flexibility index (Phi) is 40.1. The molecule has 702 valence electrons. The number of phenolic OH excluding ortho intramolecular Hbond substituents is 1. The zero-order valence-corrected chi connectivity index (χ0v) is 78.6. The highest BCUT2D eigenvalue weighted by molar-refractivity contribution is 6.31. The molecule has 0 aliphatic heterocycles. The van der Waals surface area contributed by atoms with Gasteiger partial charge in [0, 0.05) is 11.1 Å². The summed E-state index contributed by atoms with van der Waals surface area (Å²) in [5.74, 6) is 3.35. The molecule has 0 radical (unpaired) electrons. The number of phenols is 1. The standard InChI is InChI=1S/C119H123N5O13/c120-83-88-31-41-93(42-32-88)98-51-61-103(62-52-98)128-71-21-11-1-6-16-26-76-133-110-81-108-112(116(127)117(110)135-78-28-18-8-3-13-23-73-130-105-65-55-100(56-66-105)95-45-35-90(85-122)36-46-95)114(125)109-82-111(134-77-27-17-7-2-12-22-72-129-104-63-53-99(54-64-104)94-43-33-89(84-121)34-44-94)118(136-79-29-19-9-4-14-24-74-131-106-67-57-101(58-68-106)96-47-37-91(86-123)38-48-96)119(113(109)115(108)126)137-80-30-20-10-5-15-25-75-132-107-69-59-102(60-70-107)97-49-39-92(87-124)40-50-97/h31-70,81-82,127H,1-30,71-80H2. The van der Waals surface area contributed by atoms with Crippen LogP contribution >= 0.6 is 0 Å². The van der Waals surface area contributed by atoms with E-state index in [2.05, 4.69) is 30.3 Å². The van der Waals surface area contributed by atoms with Gasteiger partial charge in [-0.05, 0) is 253 Å². The first kappa shape index (κ1) is 99.7. The van der Waals surface area contributed by atoms with Gasteiger partial charge in [-0.25, -0.2) is 0 Å². The van der Waals surface area contributed by atoms with Crippen molar-refractivity contribution in [1.29, 1.82) is 26.3 Å². The third-order valence-corrected chi connectivity index (χ3v) is 24.7. The Morgan fingerprint density at radius 3 is 0.584 bits per heavy atom. The highest BCUT2D eigenvalue weighted by atomic mass is 16.5. The van der Waals surface area contributed by atoms with Crippen LogP contribution in [0.1, 0.15) is 252 Å². The molecule has 1 aliphatic carbocycles. The number of hydrogen-bond donors (Lipinski definition) is 1. The lowest BCUT2D eigenvalue weighted by Crippen LogP contribution is -2.24. The molecule has 137 heavy (non-hydrogen) atoms. The Bertz CT molecular complexity index is 5990. The van der Waals surface area contributed by atoms with Crippen molar-refractivity contribution in [3.63, 3.8) is 0 Å². The number of ether oxygens (including phenoxy) is 10. The summed E-state index contributed by atoms with van der Waals surface area (Å²) in [5, 5.41) is 59.0. The topological polar surface area (TPSA) is 266 Å². The fourth-order valence-corrected chi connectivity index (χ4v) is 16.8. The number of ketones is 2. The third kappa shape index (κ3) is 30.9. The molecule has 0 heterocycles. The first-order chi connectivity index (χ1) is 67.5. The smallest absolute Gasteiger partial charge is 0.204 e. The van der Waals surface area contributed by atoms with Crippen LogP contribution in [0.2, 0.25) is 0 Å². The Morgan fingerprint density at radius 1 is 0.190 bits per heavy atom. The summed E-state index contributed by atoms with van der Waals surface area (Å²) in [6, 6.07) is 91.9. The first-order valence-corrected chi connectivity index (χ1v) is 49.0. The second-order valence-corrected chi connectivity index (χ2v) is 34.7. The van der Waals surface area contributed by atoms with Crippen molar-refractivity contribution in [2.45, 2.75) is 193 Å². The molecule has 0 amide bonds. The molecule has 0 atom stereocenters. The maximum absolute atomic E-state index is 15.9. The number of rotatable bonds is 60. The van der Waals surface area contributed by atoms with Gasteiger partial charge in [-0.3, -0.25) is 9.59 Å². The Labute approximate surface area is 807 Å². The van der Waals surface area contributed by atoms with E-state index in [1.807, 2.05) is 243 Å². The number of hydrogen-bond acceptors (Lipinski definition) is 18. The van der Waals surface area contributed by atoms with E-state index in [9.17, 15) is 31.4 Å². The average molecular weight is 1830 g/mol. The van der Waals surface area contributed by atoms with Crippen molar-refractivity contribution in [3.05, 3.63) is 305 Å². The van der Waals surface area contributed by atoms with Crippen molar-refractivity contribution in [2.24, 2.45) is 0 Å². The van der Waals surface area contributed by atoms with Crippen molar-refractivity contribution < 1.29 is 62.1 Å². The van der Waals surface area contributed by atoms with Gasteiger partial charge >= 0.3 is 0 Å². The molecule has 0 saturated carbocycles. The van der Waals surface area contributed by atoms with Gasteiger partial charge < -0.3 is 52.5 Å². The zero-order valence-electron chi connectivity index (χ0n) is 78.6. The second-order valence-electron chi connectivity index (χ2n) is 34.7. The van der Waals surface area contributed by atoms with Gasteiger partial charge in [-0.15, -0.1) is 0 Å². The summed E-state index contributed by atoms with van der Waals surface area (Å²) in [5.41, 5.74) is 13.4. The molecule has 12 aromatic rings. The largest absolute Gasteiger partial charge is 0.504 e. The molecule has 1 N–H and O–H groups in total. The number of benzene rings is 12. The van der Waals surface area contributed by atoms with Gasteiger partial charge in [0.1, 0.15) is 28.7 Å². The molecular weight excluding hydrogens is 1710 g/mol. The van der Waals surface area contributed by atoms with E-state index in [0.29, 0.717) is 99.6 Å².